The highest BCUT2D eigenvalue weighted by atomic mass is 16.5. The Morgan fingerprint density at radius 3 is 2.30 bits per heavy atom. The van der Waals surface area contributed by atoms with E-state index >= 15 is 0 Å². The Labute approximate surface area is 392 Å². The van der Waals surface area contributed by atoms with Gasteiger partial charge in [0.15, 0.2) is 0 Å². The summed E-state index contributed by atoms with van der Waals surface area (Å²) in [6.07, 6.45) is 10.9. The average Bonchev–Trinajstić information content (AvgIpc) is 4.18. The van der Waals surface area contributed by atoms with Gasteiger partial charge >= 0.3 is 12.2 Å². The second-order valence-corrected chi connectivity index (χ2v) is 20.0. The summed E-state index contributed by atoms with van der Waals surface area (Å²) in [6, 6.07) is 11.4. The second kappa shape index (κ2) is 18.7. The number of ether oxygens (including phenoxy) is 3. The van der Waals surface area contributed by atoms with E-state index in [0.717, 1.165) is 89.3 Å². The minimum absolute atomic E-state index is 0.0460. The number of fused-ring (bicyclic) bond motifs is 7. The number of carbonyl (C=O) groups excluding carboxylic acids is 4. The Balaban J connectivity index is 0.961. The first-order valence-electron chi connectivity index (χ1n) is 23.9. The minimum atomic E-state index is -0.746. The van der Waals surface area contributed by atoms with Crippen molar-refractivity contribution >= 4 is 35.6 Å². The number of hydrogen-bond acceptors (Lipinski definition) is 9. The fourth-order valence-corrected chi connectivity index (χ4v) is 11.2. The summed E-state index contributed by atoms with van der Waals surface area (Å²) in [6.45, 7) is 15.0. The van der Waals surface area contributed by atoms with Gasteiger partial charge in [-0.25, -0.2) is 19.6 Å². The Kier molecular flexibility index (Phi) is 12.8. The third kappa shape index (κ3) is 8.96. The van der Waals surface area contributed by atoms with Crippen LogP contribution in [0.3, 0.4) is 0 Å². The maximum absolute atomic E-state index is 14.1. The molecule has 4 bridgehead atoms. The van der Waals surface area contributed by atoms with Crippen molar-refractivity contribution in [3.63, 3.8) is 0 Å². The van der Waals surface area contributed by atoms with Gasteiger partial charge in [0.05, 0.1) is 57.2 Å². The average molecular weight is 913 g/mol. The van der Waals surface area contributed by atoms with E-state index in [1.807, 2.05) is 49.9 Å². The molecule has 5 aliphatic rings. The lowest BCUT2D eigenvalue weighted by molar-refractivity contribution is -0.139. The third-order valence-electron chi connectivity index (χ3n) is 15.0. The zero-order valence-electron chi connectivity index (χ0n) is 39.7. The van der Waals surface area contributed by atoms with Crippen molar-refractivity contribution < 1.29 is 33.4 Å². The van der Waals surface area contributed by atoms with Gasteiger partial charge in [0, 0.05) is 34.7 Å². The number of amides is 4. The summed E-state index contributed by atoms with van der Waals surface area (Å²) in [5, 5.41) is 5.53. The van der Waals surface area contributed by atoms with Crippen LogP contribution in [-0.2, 0) is 25.6 Å². The summed E-state index contributed by atoms with van der Waals surface area (Å²) >= 11 is 0. The Hall–Kier alpha value is -6.38. The van der Waals surface area contributed by atoms with Crippen molar-refractivity contribution in [3.05, 3.63) is 89.3 Å². The first-order chi connectivity index (χ1) is 32.2. The molecule has 4 heterocycles. The molecule has 3 aliphatic carbocycles. The van der Waals surface area contributed by atoms with Crippen molar-refractivity contribution in [2.24, 2.45) is 23.7 Å². The molecule has 354 valence electrons. The number of benzene rings is 2. The Bertz CT molecular complexity index is 2590. The molecule has 8 atom stereocenters. The van der Waals surface area contributed by atoms with E-state index < -0.39 is 24.3 Å². The van der Waals surface area contributed by atoms with Crippen LogP contribution >= 0.6 is 0 Å². The van der Waals surface area contributed by atoms with E-state index in [9.17, 15) is 19.2 Å². The molecule has 4 aromatic rings. The van der Waals surface area contributed by atoms with Crippen LogP contribution in [0.25, 0.3) is 34.2 Å². The predicted octanol–water partition coefficient (Wildman–Crippen LogP) is 8.77. The smallest absolute Gasteiger partial charge is 0.407 e. The molecule has 2 saturated carbocycles. The number of alkyl carbamates (subject to hydrolysis) is 2. The van der Waals surface area contributed by atoms with E-state index in [1.54, 1.807) is 0 Å². The summed E-state index contributed by atoms with van der Waals surface area (Å²) in [4.78, 5) is 73.3. The lowest BCUT2D eigenvalue weighted by Crippen LogP contribution is -2.54. The van der Waals surface area contributed by atoms with Gasteiger partial charge in [0.2, 0.25) is 11.8 Å². The molecule has 0 spiro atoms. The molecule has 15 heteroatoms. The van der Waals surface area contributed by atoms with Gasteiger partial charge in [-0.1, -0.05) is 77.1 Å². The molecule has 2 aromatic carbocycles. The molecular formula is C52H64N8O7. The highest BCUT2D eigenvalue weighted by Gasteiger charge is 2.51. The first kappa shape index (κ1) is 45.8. The quantitative estimate of drug-likeness (QED) is 0.101. The Morgan fingerprint density at radius 2 is 1.58 bits per heavy atom. The maximum atomic E-state index is 14.1. The molecule has 4 N–H and O–H groups in total. The molecule has 15 nitrogen and oxygen atoms in total. The topological polar surface area (TPSA) is 184 Å². The number of hydrogen-bond donors (Lipinski definition) is 4. The van der Waals surface area contributed by atoms with Crippen molar-refractivity contribution in [2.45, 2.75) is 122 Å². The molecule has 4 amide bonds. The van der Waals surface area contributed by atoms with Crippen LogP contribution in [0.4, 0.5) is 9.59 Å². The lowest BCUT2D eigenvalue weighted by Gasteiger charge is -2.37. The summed E-state index contributed by atoms with van der Waals surface area (Å²) in [5.74, 6) is 2.49. The molecular weight excluding hydrogens is 849 g/mol. The summed E-state index contributed by atoms with van der Waals surface area (Å²) in [5.41, 5.74) is 9.45. The van der Waals surface area contributed by atoms with E-state index in [1.165, 1.54) is 25.4 Å². The van der Waals surface area contributed by atoms with Crippen molar-refractivity contribution in [3.8, 4) is 28.3 Å². The van der Waals surface area contributed by atoms with Gasteiger partial charge in [0.25, 0.3) is 0 Å². The predicted molar refractivity (Wildman–Crippen MR) is 254 cm³/mol. The van der Waals surface area contributed by atoms with Gasteiger partial charge in [0.1, 0.15) is 29.5 Å². The summed E-state index contributed by atoms with van der Waals surface area (Å²) < 4.78 is 16.4. The fourth-order valence-electron chi connectivity index (χ4n) is 11.2. The normalized spacial score (nSPS) is 23.6. The third-order valence-corrected chi connectivity index (χ3v) is 15.0. The molecule has 1 saturated heterocycles. The van der Waals surface area contributed by atoms with Crippen molar-refractivity contribution in [2.75, 3.05) is 20.8 Å². The molecule has 3 fully saturated rings. The molecule has 2 aliphatic heterocycles. The zero-order chi connectivity index (χ0) is 47.3. The van der Waals surface area contributed by atoms with E-state index in [2.05, 4.69) is 76.6 Å². The molecule has 9 rings (SSSR count). The number of piperidine rings is 1. The van der Waals surface area contributed by atoms with Gasteiger partial charge in [-0.3, -0.25) is 9.59 Å². The highest BCUT2D eigenvalue weighted by Crippen LogP contribution is 2.51. The van der Waals surface area contributed by atoms with Crippen LogP contribution in [0.5, 0.6) is 5.75 Å². The maximum Gasteiger partial charge on any atom is 0.407 e. The first-order valence-corrected chi connectivity index (χ1v) is 23.9. The van der Waals surface area contributed by atoms with Crippen LogP contribution in [0, 0.1) is 23.7 Å². The largest absolute Gasteiger partial charge is 0.493 e. The fraction of sp³-hybridized carbons (Fsp3) is 0.500. The molecule has 7 unspecified atom stereocenters. The van der Waals surface area contributed by atoms with Crippen molar-refractivity contribution in [1.82, 2.24) is 40.4 Å². The van der Waals surface area contributed by atoms with Gasteiger partial charge < -0.3 is 44.6 Å². The van der Waals surface area contributed by atoms with Crippen LogP contribution in [0.2, 0.25) is 0 Å². The Morgan fingerprint density at radius 1 is 0.881 bits per heavy atom. The summed E-state index contributed by atoms with van der Waals surface area (Å²) in [7, 11) is 2.61. The zero-order valence-corrected chi connectivity index (χ0v) is 39.7. The SMILES string of the molecule is C=C1CCC(N(Cc2ncc(-c3ccc4c(c3)C=C3CC(COc5cc(-c6cnc(C7[C@@H]8CCC(C8)N7C(=O)C(NC(=O)OC)C(C)C)[nH]6)ccc53)C4C)[nH]2)C(=O)C(NC(=O)OC)C(C)C)C1. The van der Waals surface area contributed by atoms with Gasteiger partial charge in [-0.05, 0) is 97.5 Å². The lowest BCUT2D eigenvalue weighted by atomic mass is 9.84. The van der Waals surface area contributed by atoms with Crippen LogP contribution < -0.4 is 15.4 Å². The van der Waals surface area contributed by atoms with Gasteiger partial charge in [-0.2, -0.15) is 0 Å². The number of aromatic nitrogens is 4. The molecule has 67 heavy (non-hydrogen) atoms. The van der Waals surface area contributed by atoms with E-state index in [-0.39, 0.29) is 66.1 Å². The van der Waals surface area contributed by atoms with Crippen molar-refractivity contribution in [1.29, 1.82) is 0 Å². The van der Waals surface area contributed by atoms with Crippen LogP contribution in [-0.4, -0.2) is 98.7 Å². The molecule has 0 radical (unpaired) electrons. The number of likely N-dealkylation sites (tertiary alicyclic amines) is 1. The van der Waals surface area contributed by atoms with Crippen LogP contribution in [0.1, 0.15) is 120 Å². The number of rotatable bonds is 12. The standard InChI is InChI=1S/C52H64N8O7/c1-27(2)45(57-51(63)65-7)49(61)59(37-13-9-29(5)17-37)25-44-53-23-41(55-44)31-11-15-39-30(6)36-20-35(19-34(39)18-31)40-16-12-32(22-43(40)67-26-36)42-24-54-48(56-42)47-33-10-14-38(21-33)60(47)50(62)46(28(3)4)58-52(64)66-8/h11-12,15-16,18-19,22-24,27-28,30,33,36-38,45-47H,5,9-10,13-14,17,20-21,25-26H2,1-4,6-8H3,(H,53,55)(H,54,56)(H,57,63)(H,58,64)/t30?,33-,36?,37?,38?,45?,46?,47?/m1/s1. The number of allylic oxidation sites excluding steroid dienone is 1. The number of aromatic amines is 2. The highest BCUT2D eigenvalue weighted by molar-refractivity contribution is 5.89. The number of nitrogens with one attached hydrogen (secondary N) is 4. The number of carbonyl (C=O) groups is 4. The number of H-pyrrole nitrogens is 2. The van der Waals surface area contributed by atoms with Gasteiger partial charge in [-0.15, -0.1) is 0 Å². The minimum Gasteiger partial charge on any atom is -0.493 e. The number of methoxy groups -OCH3 is 2. The number of imidazole rings is 2. The van der Waals surface area contributed by atoms with E-state index in [4.69, 9.17) is 24.2 Å². The number of nitrogens with zero attached hydrogens (tertiary/aromatic N) is 4. The van der Waals surface area contributed by atoms with Crippen LogP contribution in [0.15, 0.2) is 60.9 Å². The monoisotopic (exact) mass is 912 g/mol. The molecule has 2 aromatic heterocycles. The second-order valence-electron chi connectivity index (χ2n) is 20.0. The van der Waals surface area contributed by atoms with E-state index in [0.29, 0.717) is 18.9 Å².